The lowest BCUT2D eigenvalue weighted by Crippen LogP contribution is -2.14. The van der Waals surface area contributed by atoms with E-state index in [1.54, 1.807) is 0 Å². The molecule has 1 unspecified atom stereocenters. The number of hydrogen-bond donors (Lipinski definition) is 2. The number of nitrogens with one attached hydrogen (secondary N) is 2. The van der Waals surface area contributed by atoms with E-state index < -0.39 is 0 Å². The Morgan fingerprint density at radius 3 is 2.93 bits per heavy atom. The molecular formula is C11H19N3O. The quantitative estimate of drug-likeness (QED) is 0.794. The van der Waals surface area contributed by atoms with Gasteiger partial charge in [-0.1, -0.05) is 0 Å². The van der Waals surface area contributed by atoms with E-state index in [0.717, 1.165) is 31.7 Å². The third-order valence-corrected chi connectivity index (χ3v) is 3.16. The molecule has 1 fully saturated rings. The van der Waals surface area contributed by atoms with E-state index in [4.69, 9.17) is 4.74 Å². The van der Waals surface area contributed by atoms with Crippen LogP contribution in [0.1, 0.15) is 43.1 Å². The number of rotatable bonds is 3. The largest absolute Gasteiger partial charge is 0.381 e. The molecule has 1 aliphatic heterocycles. The predicted octanol–water partition coefficient (Wildman–Crippen LogP) is 1.58. The lowest BCUT2D eigenvalue weighted by atomic mass is 9.96. The van der Waals surface area contributed by atoms with Gasteiger partial charge in [0.05, 0.1) is 5.69 Å². The first-order valence-corrected chi connectivity index (χ1v) is 5.61. The Bertz CT molecular complexity index is 305. The van der Waals surface area contributed by atoms with E-state index in [2.05, 4.69) is 28.5 Å². The van der Waals surface area contributed by atoms with Gasteiger partial charge in [0.15, 0.2) is 0 Å². The highest BCUT2D eigenvalue weighted by molar-refractivity contribution is 5.16. The van der Waals surface area contributed by atoms with Crippen LogP contribution in [0.2, 0.25) is 0 Å². The van der Waals surface area contributed by atoms with E-state index >= 15 is 0 Å². The van der Waals surface area contributed by atoms with Crippen molar-refractivity contribution in [3.05, 3.63) is 17.5 Å². The zero-order valence-corrected chi connectivity index (χ0v) is 9.42. The van der Waals surface area contributed by atoms with Crippen molar-refractivity contribution in [1.29, 1.82) is 0 Å². The summed E-state index contributed by atoms with van der Waals surface area (Å²) < 4.78 is 5.35. The van der Waals surface area contributed by atoms with E-state index in [0.29, 0.717) is 12.0 Å². The highest BCUT2D eigenvalue weighted by Gasteiger charge is 2.18. The molecule has 2 heterocycles. The molecule has 4 nitrogen and oxygen atoms in total. The van der Waals surface area contributed by atoms with Gasteiger partial charge in [-0.2, -0.15) is 5.10 Å². The number of aromatic amines is 1. The molecule has 1 aromatic rings. The fraction of sp³-hybridized carbons (Fsp3) is 0.727. The van der Waals surface area contributed by atoms with Crippen molar-refractivity contribution >= 4 is 0 Å². The van der Waals surface area contributed by atoms with Crippen molar-refractivity contribution in [1.82, 2.24) is 15.5 Å². The van der Waals surface area contributed by atoms with E-state index in [-0.39, 0.29) is 0 Å². The Balaban J connectivity index is 2.05. The summed E-state index contributed by atoms with van der Waals surface area (Å²) >= 11 is 0. The van der Waals surface area contributed by atoms with Crippen LogP contribution in [-0.4, -0.2) is 30.5 Å². The maximum absolute atomic E-state index is 5.35. The fourth-order valence-corrected chi connectivity index (χ4v) is 1.94. The molecule has 1 atom stereocenters. The predicted molar refractivity (Wildman–Crippen MR) is 58.9 cm³/mol. The molecule has 4 heteroatoms. The molecule has 0 saturated carbocycles. The van der Waals surface area contributed by atoms with Gasteiger partial charge in [-0.15, -0.1) is 0 Å². The third-order valence-electron chi connectivity index (χ3n) is 3.16. The van der Waals surface area contributed by atoms with E-state index in [1.807, 2.05) is 7.05 Å². The zero-order valence-electron chi connectivity index (χ0n) is 9.42. The Hall–Kier alpha value is -0.870. The highest BCUT2D eigenvalue weighted by atomic mass is 16.5. The van der Waals surface area contributed by atoms with Crippen molar-refractivity contribution in [2.45, 2.75) is 31.7 Å². The molecule has 0 aliphatic carbocycles. The van der Waals surface area contributed by atoms with Crippen LogP contribution in [0.25, 0.3) is 0 Å². The van der Waals surface area contributed by atoms with Crippen LogP contribution >= 0.6 is 0 Å². The van der Waals surface area contributed by atoms with Crippen LogP contribution in [0.4, 0.5) is 0 Å². The Kier molecular flexibility index (Phi) is 3.38. The van der Waals surface area contributed by atoms with E-state index in [1.165, 1.54) is 5.69 Å². The summed E-state index contributed by atoms with van der Waals surface area (Å²) in [5.41, 5.74) is 2.36. The van der Waals surface area contributed by atoms with Crippen LogP contribution in [0.5, 0.6) is 0 Å². The summed E-state index contributed by atoms with van der Waals surface area (Å²) in [6.45, 7) is 3.87. The van der Waals surface area contributed by atoms with Gasteiger partial charge in [-0.25, -0.2) is 0 Å². The first kappa shape index (κ1) is 10.6. The standard InChI is InChI=1S/C11H19N3O/c1-8(12-2)10-7-11(14-13-10)9-3-5-15-6-4-9/h7-9,12H,3-6H2,1-2H3,(H,13,14). The van der Waals surface area contributed by atoms with Crippen molar-refractivity contribution in [2.75, 3.05) is 20.3 Å². The van der Waals surface area contributed by atoms with Crippen molar-refractivity contribution in [3.8, 4) is 0 Å². The molecular weight excluding hydrogens is 190 g/mol. The molecule has 84 valence electrons. The molecule has 1 aromatic heterocycles. The van der Waals surface area contributed by atoms with Gasteiger partial charge in [0.25, 0.3) is 0 Å². The first-order chi connectivity index (χ1) is 7.31. The second kappa shape index (κ2) is 4.77. The Morgan fingerprint density at radius 2 is 2.27 bits per heavy atom. The minimum absolute atomic E-state index is 0.315. The summed E-state index contributed by atoms with van der Waals surface area (Å²) in [5.74, 6) is 0.601. The van der Waals surface area contributed by atoms with Crippen LogP contribution in [0.15, 0.2) is 6.07 Å². The minimum Gasteiger partial charge on any atom is -0.381 e. The van der Waals surface area contributed by atoms with Gasteiger partial charge in [0.1, 0.15) is 0 Å². The van der Waals surface area contributed by atoms with Crippen LogP contribution in [-0.2, 0) is 4.74 Å². The number of ether oxygens (including phenoxy) is 1. The zero-order chi connectivity index (χ0) is 10.7. The minimum atomic E-state index is 0.315. The maximum Gasteiger partial charge on any atom is 0.0791 e. The summed E-state index contributed by atoms with van der Waals surface area (Å²) in [6.07, 6.45) is 2.21. The molecule has 0 bridgehead atoms. The lowest BCUT2D eigenvalue weighted by molar-refractivity contribution is 0.0845. The maximum atomic E-state index is 5.35. The first-order valence-electron chi connectivity index (χ1n) is 5.61. The Labute approximate surface area is 90.4 Å². The third kappa shape index (κ3) is 2.38. The number of aromatic nitrogens is 2. The molecule has 1 saturated heterocycles. The smallest absolute Gasteiger partial charge is 0.0791 e. The average molecular weight is 209 g/mol. The molecule has 0 radical (unpaired) electrons. The normalized spacial score (nSPS) is 20.4. The van der Waals surface area contributed by atoms with Gasteiger partial charge < -0.3 is 10.1 Å². The van der Waals surface area contributed by atoms with Crippen LogP contribution < -0.4 is 5.32 Å². The molecule has 0 amide bonds. The van der Waals surface area contributed by atoms with Gasteiger partial charge in [0, 0.05) is 30.9 Å². The monoisotopic (exact) mass is 209 g/mol. The summed E-state index contributed by atoms with van der Waals surface area (Å²) in [7, 11) is 1.95. The molecule has 0 spiro atoms. The fourth-order valence-electron chi connectivity index (χ4n) is 1.94. The lowest BCUT2D eigenvalue weighted by Gasteiger charge is -2.20. The summed E-state index contributed by atoms with van der Waals surface area (Å²) in [6, 6.07) is 2.49. The molecule has 0 aromatic carbocycles. The van der Waals surface area contributed by atoms with Crippen LogP contribution in [0.3, 0.4) is 0 Å². The highest BCUT2D eigenvalue weighted by Crippen LogP contribution is 2.26. The SMILES string of the molecule is CNC(C)c1cc(C2CCOCC2)[nH]n1. The van der Waals surface area contributed by atoms with Crippen molar-refractivity contribution in [3.63, 3.8) is 0 Å². The van der Waals surface area contributed by atoms with Gasteiger partial charge in [-0.05, 0) is 32.9 Å². The van der Waals surface area contributed by atoms with Crippen molar-refractivity contribution in [2.24, 2.45) is 0 Å². The van der Waals surface area contributed by atoms with E-state index in [9.17, 15) is 0 Å². The molecule has 1 aliphatic rings. The molecule has 15 heavy (non-hydrogen) atoms. The topological polar surface area (TPSA) is 49.9 Å². The van der Waals surface area contributed by atoms with Crippen molar-refractivity contribution < 1.29 is 4.74 Å². The van der Waals surface area contributed by atoms with Gasteiger partial charge >= 0.3 is 0 Å². The summed E-state index contributed by atoms with van der Waals surface area (Å²) in [5, 5.41) is 10.7. The van der Waals surface area contributed by atoms with Gasteiger partial charge in [0.2, 0.25) is 0 Å². The average Bonchev–Trinajstić information content (AvgIpc) is 2.78. The van der Waals surface area contributed by atoms with Crippen LogP contribution in [0, 0.1) is 0 Å². The number of H-pyrrole nitrogens is 1. The molecule has 2 N–H and O–H groups in total. The molecule has 2 rings (SSSR count). The van der Waals surface area contributed by atoms with Gasteiger partial charge in [-0.3, -0.25) is 5.10 Å². The second-order valence-corrected chi connectivity index (χ2v) is 4.15. The number of nitrogens with zero attached hydrogens (tertiary/aromatic N) is 1. The Morgan fingerprint density at radius 1 is 1.53 bits per heavy atom. The summed E-state index contributed by atoms with van der Waals surface area (Å²) in [4.78, 5) is 0. The number of hydrogen-bond acceptors (Lipinski definition) is 3. The second-order valence-electron chi connectivity index (χ2n) is 4.15.